The van der Waals surface area contributed by atoms with Gasteiger partial charge in [0.25, 0.3) is 0 Å². The van der Waals surface area contributed by atoms with Gasteiger partial charge in [0.15, 0.2) is 11.6 Å². The Morgan fingerprint density at radius 3 is 2.75 bits per heavy atom. The minimum absolute atomic E-state index is 0.222. The van der Waals surface area contributed by atoms with Crippen LogP contribution in [0.2, 0.25) is 0 Å². The second kappa shape index (κ2) is 5.49. The third-order valence-electron chi connectivity index (χ3n) is 3.12. The molecule has 6 heteroatoms. The normalized spacial score (nSPS) is 12.8. The predicted octanol–water partition coefficient (Wildman–Crippen LogP) is 3.66. The molecule has 104 valence electrons. The number of benzene rings is 1. The van der Waals surface area contributed by atoms with Crippen molar-refractivity contribution in [2.24, 2.45) is 5.84 Å². The fourth-order valence-corrected chi connectivity index (χ4v) is 4.34. The van der Waals surface area contributed by atoms with E-state index in [0.29, 0.717) is 0 Å². The minimum atomic E-state index is -0.386. The van der Waals surface area contributed by atoms with Crippen molar-refractivity contribution in [1.82, 2.24) is 5.43 Å². The smallest absolute Gasteiger partial charge is 0.165 e. The average Bonchev–Trinajstić information content (AvgIpc) is 3.01. The maximum Gasteiger partial charge on any atom is 0.165 e. The van der Waals surface area contributed by atoms with E-state index in [-0.39, 0.29) is 17.6 Å². The van der Waals surface area contributed by atoms with Gasteiger partial charge in [-0.2, -0.15) is 0 Å². The van der Waals surface area contributed by atoms with Crippen LogP contribution < -0.4 is 16.0 Å². The first-order valence-electron chi connectivity index (χ1n) is 5.99. The van der Waals surface area contributed by atoms with Crippen LogP contribution in [0.25, 0.3) is 9.40 Å². The Bertz CT molecular complexity index is 709. The summed E-state index contributed by atoms with van der Waals surface area (Å²) in [5.74, 6) is 5.50. The molecule has 1 atom stereocenters. The van der Waals surface area contributed by atoms with Gasteiger partial charge in [-0.05, 0) is 35.2 Å². The number of hydrazine groups is 1. The number of rotatable bonds is 4. The molecule has 20 heavy (non-hydrogen) atoms. The van der Waals surface area contributed by atoms with Gasteiger partial charge < -0.3 is 4.74 Å². The standard InChI is InChI=1S/C14H13FN2OS2/c1-18-10-3-2-8(6-9(10)15)14(17-16)13-7-12-11(20-13)4-5-19-12/h2-7,14,17H,16H2,1H3. The van der Waals surface area contributed by atoms with Gasteiger partial charge in [0, 0.05) is 14.3 Å². The van der Waals surface area contributed by atoms with Crippen molar-refractivity contribution < 1.29 is 9.13 Å². The van der Waals surface area contributed by atoms with Gasteiger partial charge in [-0.3, -0.25) is 5.84 Å². The van der Waals surface area contributed by atoms with E-state index < -0.39 is 0 Å². The van der Waals surface area contributed by atoms with E-state index in [4.69, 9.17) is 10.6 Å². The Kier molecular flexibility index (Phi) is 3.71. The van der Waals surface area contributed by atoms with Crippen molar-refractivity contribution in [3.8, 4) is 5.75 Å². The highest BCUT2D eigenvalue weighted by Gasteiger charge is 2.17. The number of nitrogens with two attached hydrogens (primary N) is 1. The first kappa shape index (κ1) is 13.5. The van der Waals surface area contributed by atoms with Gasteiger partial charge in [0.1, 0.15) is 0 Å². The van der Waals surface area contributed by atoms with Crippen molar-refractivity contribution in [2.45, 2.75) is 6.04 Å². The largest absolute Gasteiger partial charge is 0.494 e. The maximum absolute atomic E-state index is 13.8. The van der Waals surface area contributed by atoms with Crippen LogP contribution in [0.1, 0.15) is 16.5 Å². The van der Waals surface area contributed by atoms with Crippen LogP contribution in [0.4, 0.5) is 4.39 Å². The van der Waals surface area contributed by atoms with Gasteiger partial charge in [0.2, 0.25) is 0 Å². The monoisotopic (exact) mass is 308 g/mol. The molecule has 3 N–H and O–H groups in total. The summed E-state index contributed by atoms with van der Waals surface area (Å²) in [6.45, 7) is 0. The quantitative estimate of drug-likeness (QED) is 0.571. The summed E-state index contributed by atoms with van der Waals surface area (Å²) in [7, 11) is 1.45. The molecule has 0 fully saturated rings. The maximum atomic E-state index is 13.8. The first-order valence-corrected chi connectivity index (χ1v) is 7.69. The van der Waals surface area contributed by atoms with Crippen LogP contribution in [0.3, 0.4) is 0 Å². The molecule has 0 aliphatic heterocycles. The molecule has 0 aliphatic carbocycles. The van der Waals surface area contributed by atoms with Crippen molar-refractivity contribution >= 4 is 32.1 Å². The van der Waals surface area contributed by atoms with E-state index in [1.165, 1.54) is 22.6 Å². The molecular weight excluding hydrogens is 295 g/mol. The highest BCUT2D eigenvalue weighted by atomic mass is 32.1. The Hall–Kier alpha value is -1.47. The topological polar surface area (TPSA) is 47.3 Å². The lowest BCUT2D eigenvalue weighted by molar-refractivity contribution is 0.386. The van der Waals surface area contributed by atoms with Gasteiger partial charge in [0.05, 0.1) is 13.2 Å². The summed E-state index contributed by atoms with van der Waals surface area (Å²) in [4.78, 5) is 1.07. The summed E-state index contributed by atoms with van der Waals surface area (Å²) >= 11 is 3.35. The molecule has 0 amide bonds. The fraction of sp³-hybridized carbons (Fsp3) is 0.143. The van der Waals surface area contributed by atoms with Crippen molar-refractivity contribution in [1.29, 1.82) is 0 Å². The Labute approximate surface area is 123 Å². The first-order chi connectivity index (χ1) is 9.72. The highest BCUT2D eigenvalue weighted by Crippen LogP contribution is 2.36. The summed E-state index contributed by atoms with van der Waals surface area (Å²) in [6, 6.07) is 8.84. The lowest BCUT2D eigenvalue weighted by Crippen LogP contribution is -2.28. The minimum Gasteiger partial charge on any atom is -0.494 e. The lowest BCUT2D eigenvalue weighted by Gasteiger charge is -2.15. The lowest BCUT2D eigenvalue weighted by atomic mass is 10.1. The number of nitrogens with one attached hydrogen (secondary N) is 1. The predicted molar refractivity (Wildman–Crippen MR) is 81.8 cm³/mol. The molecule has 0 spiro atoms. The zero-order valence-corrected chi connectivity index (χ0v) is 12.4. The SMILES string of the molecule is COc1ccc(C(NN)c2cc3sccc3s2)cc1F. The molecule has 0 radical (unpaired) electrons. The van der Waals surface area contributed by atoms with Gasteiger partial charge in [-0.1, -0.05) is 6.07 Å². The van der Waals surface area contributed by atoms with Gasteiger partial charge in [-0.25, -0.2) is 9.82 Å². The number of halogens is 1. The molecule has 0 aliphatic rings. The summed E-state index contributed by atoms with van der Waals surface area (Å²) in [5.41, 5.74) is 3.54. The highest BCUT2D eigenvalue weighted by molar-refractivity contribution is 7.27. The van der Waals surface area contributed by atoms with Crippen LogP contribution in [0.5, 0.6) is 5.75 Å². The molecule has 2 heterocycles. The molecule has 0 saturated heterocycles. The van der Waals surface area contributed by atoms with Crippen molar-refractivity contribution in [2.75, 3.05) is 7.11 Å². The molecule has 0 saturated carbocycles. The molecule has 1 unspecified atom stereocenters. The summed E-state index contributed by atoms with van der Waals surface area (Å²) in [5, 5.41) is 2.06. The third-order valence-corrected chi connectivity index (χ3v) is 5.28. The Balaban J connectivity index is 2.00. The van der Waals surface area contributed by atoms with Crippen molar-refractivity contribution in [3.05, 3.63) is 52.0 Å². The van der Waals surface area contributed by atoms with E-state index in [1.54, 1.807) is 28.7 Å². The fourth-order valence-electron chi connectivity index (χ4n) is 2.13. The zero-order valence-electron chi connectivity index (χ0n) is 10.7. The zero-order chi connectivity index (χ0) is 14.1. The van der Waals surface area contributed by atoms with E-state index >= 15 is 0 Å². The van der Waals surface area contributed by atoms with Gasteiger partial charge >= 0.3 is 0 Å². The van der Waals surface area contributed by atoms with E-state index in [9.17, 15) is 4.39 Å². The second-order valence-corrected chi connectivity index (χ2v) is 6.35. The van der Waals surface area contributed by atoms with Crippen LogP contribution in [0, 0.1) is 5.82 Å². The molecular formula is C14H13FN2OS2. The third kappa shape index (κ3) is 2.31. The number of hydrogen-bond donors (Lipinski definition) is 2. The number of thiophene rings is 2. The van der Waals surface area contributed by atoms with E-state index in [1.807, 2.05) is 6.07 Å². The van der Waals surface area contributed by atoms with E-state index in [0.717, 1.165) is 10.4 Å². The van der Waals surface area contributed by atoms with Crippen LogP contribution in [-0.4, -0.2) is 7.11 Å². The number of hydrogen-bond acceptors (Lipinski definition) is 5. The van der Waals surface area contributed by atoms with Crippen LogP contribution in [-0.2, 0) is 0 Å². The molecule has 1 aromatic carbocycles. The summed E-state index contributed by atoms with van der Waals surface area (Å²) < 4.78 is 21.2. The molecule has 2 aromatic heterocycles. The molecule has 3 nitrogen and oxygen atoms in total. The number of fused-ring (bicyclic) bond motifs is 1. The van der Waals surface area contributed by atoms with Crippen LogP contribution in [0.15, 0.2) is 35.7 Å². The summed E-state index contributed by atoms with van der Waals surface area (Å²) in [6.07, 6.45) is 0. The Morgan fingerprint density at radius 1 is 1.25 bits per heavy atom. The molecule has 3 aromatic rings. The van der Waals surface area contributed by atoms with Gasteiger partial charge in [-0.15, -0.1) is 22.7 Å². The number of ether oxygens (including phenoxy) is 1. The van der Waals surface area contributed by atoms with Crippen LogP contribution >= 0.6 is 22.7 Å². The second-order valence-electron chi connectivity index (χ2n) is 4.29. The average molecular weight is 308 g/mol. The van der Waals surface area contributed by atoms with E-state index in [2.05, 4.69) is 22.9 Å². The Morgan fingerprint density at radius 2 is 2.10 bits per heavy atom. The molecule has 3 rings (SSSR count). The number of methoxy groups -OCH3 is 1. The molecule has 0 bridgehead atoms. The van der Waals surface area contributed by atoms with Crippen molar-refractivity contribution in [3.63, 3.8) is 0 Å².